The highest BCUT2D eigenvalue weighted by molar-refractivity contribution is 6.38. The van der Waals surface area contributed by atoms with Gasteiger partial charge in [0.05, 0.1) is 30.6 Å². The lowest BCUT2D eigenvalue weighted by atomic mass is 10.0. The molecule has 0 bridgehead atoms. The van der Waals surface area contributed by atoms with Gasteiger partial charge < -0.3 is 9.47 Å². The van der Waals surface area contributed by atoms with Gasteiger partial charge in [-0.3, -0.25) is 19.7 Å². The molecule has 112 valence electrons. The molecule has 0 saturated heterocycles. The third kappa shape index (κ3) is 3.85. The lowest BCUT2D eigenvalue weighted by molar-refractivity contribution is -0.386. The first-order chi connectivity index (χ1) is 9.92. The maximum Gasteiger partial charge on any atom is 0.375 e. The number of nitro benzene ring substituents is 1. The van der Waals surface area contributed by atoms with Crippen molar-refractivity contribution in [2.45, 2.75) is 13.3 Å². The van der Waals surface area contributed by atoms with E-state index in [0.717, 1.165) is 0 Å². The first-order valence-electron chi connectivity index (χ1n) is 5.96. The van der Waals surface area contributed by atoms with E-state index in [1.54, 1.807) is 0 Å². The predicted molar refractivity (Wildman–Crippen MR) is 70.2 cm³/mol. The minimum atomic E-state index is -1.14. The molecule has 8 nitrogen and oxygen atoms in total. The smallest absolute Gasteiger partial charge is 0.375 e. The Balaban J connectivity index is 3.06. The number of ether oxygens (including phenoxy) is 2. The lowest BCUT2D eigenvalue weighted by Crippen LogP contribution is -2.21. The van der Waals surface area contributed by atoms with Crippen LogP contribution in [0, 0.1) is 10.1 Å². The van der Waals surface area contributed by atoms with Gasteiger partial charge in [-0.2, -0.15) is 0 Å². The molecule has 8 heteroatoms. The topological polar surface area (TPSA) is 113 Å². The van der Waals surface area contributed by atoms with Crippen molar-refractivity contribution in [3.8, 4) is 5.75 Å². The number of esters is 1. The zero-order valence-electron chi connectivity index (χ0n) is 11.5. The van der Waals surface area contributed by atoms with E-state index < -0.39 is 34.6 Å². The highest BCUT2D eigenvalue weighted by Gasteiger charge is 2.28. The number of nitrogens with zero attached hydrogens (tertiary/aromatic N) is 1. The Morgan fingerprint density at radius 1 is 1.29 bits per heavy atom. The summed E-state index contributed by atoms with van der Waals surface area (Å²) in [7, 11) is 1.22. The Bertz CT molecular complexity index is 594. The van der Waals surface area contributed by atoms with Crippen LogP contribution in [0.2, 0.25) is 0 Å². The van der Waals surface area contributed by atoms with Gasteiger partial charge >= 0.3 is 11.7 Å². The van der Waals surface area contributed by atoms with E-state index in [9.17, 15) is 24.5 Å². The van der Waals surface area contributed by atoms with E-state index in [0.29, 0.717) is 0 Å². The number of ketones is 2. The third-order valence-electron chi connectivity index (χ3n) is 2.53. The van der Waals surface area contributed by atoms with Crippen molar-refractivity contribution in [3.63, 3.8) is 0 Å². The second-order valence-corrected chi connectivity index (χ2v) is 3.86. The van der Waals surface area contributed by atoms with Crippen LogP contribution in [0.4, 0.5) is 5.69 Å². The quantitative estimate of drug-likeness (QED) is 0.186. The maximum atomic E-state index is 12.0. The van der Waals surface area contributed by atoms with Crippen LogP contribution >= 0.6 is 0 Å². The van der Waals surface area contributed by atoms with Crippen LogP contribution in [-0.4, -0.2) is 36.2 Å². The van der Waals surface area contributed by atoms with Gasteiger partial charge in [-0.1, -0.05) is 6.07 Å². The minimum Gasteiger partial charge on any atom is -0.490 e. The van der Waals surface area contributed by atoms with Crippen molar-refractivity contribution in [3.05, 3.63) is 33.9 Å². The Morgan fingerprint density at radius 3 is 2.48 bits per heavy atom. The Labute approximate surface area is 119 Å². The Morgan fingerprint density at radius 2 is 1.95 bits per heavy atom. The predicted octanol–water partition coefficient (Wildman–Crippen LogP) is 1.31. The summed E-state index contributed by atoms with van der Waals surface area (Å²) in [6.07, 6.45) is -0.799. The van der Waals surface area contributed by atoms with Gasteiger partial charge in [-0.05, 0) is 19.1 Å². The molecule has 0 aliphatic carbocycles. The zero-order valence-corrected chi connectivity index (χ0v) is 11.5. The van der Waals surface area contributed by atoms with Gasteiger partial charge in [0.15, 0.2) is 11.5 Å². The number of hydrogen-bond donors (Lipinski definition) is 0. The molecular weight excluding hydrogens is 282 g/mol. The van der Waals surface area contributed by atoms with E-state index in [1.165, 1.54) is 32.2 Å². The molecule has 0 radical (unpaired) electrons. The average Bonchev–Trinajstić information content (AvgIpc) is 2.46. The highest BCUT2D eigenvalue weighted by Crippen LogP contribution is 2.31. The van der Waals surface area contributed by atoms with Crippen LogP contribution in [0.1, 0.15) is 23.7 Å². The largest absolute Gasteiger partial charge is 0.490 e. The molecule has 0 N–H and O–H groups in total. The molecule has 0 fully saturated rings. The minimum absolute atomic E-state index is 0.00191. The molecule has 1 rings (SSSR count). The van der Waals surface area contributed by atoms with Crippen molar-refractivity contribution in [1.29, 1.82) is 0 Å². The van der Waals surface area contributed by atoms with Crippen LogP contribution < -0.4 is 4.74 Å². The van der Waals surface area contributed by atoms with Crippen LogP contribution in [0.25, 0.3) is 0 Å². The fourth-order valence-electron chi connectivity index (χ4n) is 1.63. The van der Waals surface area contributed by atoms with E-state index >= 15 is 0 Å². The van der Waals surface area contributed by atoms with Crippen molar-refractivity contribution in [2.75, 3.05) is 13.7 Å². The lowest BCUT2D eigenvalue weighted by Gasteiger charge is -2.06. The number of carbonyl (C=O) groups is 3. The molecule has 0 aromatic heterocycles. The normalized spacial score (nSPS) is 9.81. The Kier molecular flexibility index (Phi) is 5.53. The average molecular weight is 295 g/mol. The SMILES string of the molecule is CCOC(=O)C(=O)CC(=O)c1cccc(OC)c1[N+](=O)[O-]. The number of para-hydroxylation sites is 1. The number of carbonyl (C=O) groups excluding carboxylic acids is 3. The van der Waals surface area contributed by atoms with Gasteiger partial charge in [-0.25, -0.2) is 4.79 Å². The maximum absolute atomic E-state index is 12.0. The van der Waals surface area contributed by atoms with Gasteiger partial charge in [0.1, 0.15) is 0 Å². The number of hydrogen-bond acceptors (Lipinski definition) is 7. The molecule has 0 heterocycles. The molecule has 0 aliphatic rings. The molecule has 0 atom stereocenters. The Hall–Kier alpha value is -2.77. The highest BCUT2D eigenvalue weighted by atomic mass is 16.6. The number of Topliss-reactive ketones (excluding diaryl/α,β-unsaturated/α-hetero) is 2. The number of methoxy groups -OCH3 is 1. The molecular formula is C13H13NO7. The molecule has 0 amide bonds. The third-order valence-corrected chi connectivity index (χ3v) is 2.53. The molecule has 0 aliphatic heterocycles. The second kappa shape index (κ2) is 7.13. The summed E-state index contributed by atoms with van der Waals surface area (Å²) < 4.78 is 9.28. The molecule has 21 heavy (non-hydrogen) atoms. The van der Waals surface area contributed by atoms with E-state index in [2.05, 4.69) is 4.74 Å². The number of rotatable bonds is 7. The summed E-state index contributed by atoms with van der Waals surface area (Å²) in [6, 6.07) is 3.90. The molecule has 1 aromatic rings. The van der Waals surface area contributed by atoms with E-state index in [1.807, 2.05) is 0 Å². The fraction of sp³-hybridized carbons (Fsp3) is 0.308. The number of nitro groups is 1. The summed E-state index contributed by atoms with van der Waals surface area (Å²) >= 11 is 0. The van der Waals surface area contributed by atoms with Crippen LogP contribution in [0.3, 0.4) is 0 Å². The molecule has 0 unspecified atom stereocenters. The van der Waals surface area contributed by atoms with Gasteiger partial charge in [0.2, 0.25) is 5.78 Å². The summed E-state index contributed by atoms with van der Waals surface area (Å²) in [5.74, 6) is -3.15. The van der Waals surface area contributed by atoms with Crippen molar-refractivity contribution in [2.24, 2.45) is 0 Å². The van der Waals surface area contributed by atoms with E-state index in [-0.39, 0.29) is 17.9 Å². The molecule has 0 spiro atoms. The summed E-state index contributed by atoms with van der Waals surface area (Å²) in [5, 5.41) is 11.0. The summed E-state index contributed by atoms with van der Waals surface area (Å²) in [6.45, 7) is 1.51. The zero-order chi connectivity index (χ0) is 16.0. The standard InChI is InChI=1S/C13H13NO7/c1-3-21-13(17)10(16)7-9(15)8-5-4-6-11(20-2)12(8)14(18)19/h4-6H,3,7H2,1-2H3. The van der Waals surface area contributed by atoms with Crippen molar-refractivity contribution < 1.29 is 28.8 Å². The van der Waals surface area contributed by atoms with Gasteiger partial charge in [0, 0.05) is 0 Å². The summed E-state index contributed by atoms with van der Waals surface area (Å²) in [5.41, 5.74) is -0.835. The summed E-state index contributed by atoms with van der Waals surface area (Å²) in [4.78, 5) is 44.8. The van der Waals surface area contributed by atoms with Crippen LogP contribution in [0.15, 0.2) is 18.2 Å². The molecule has 0 saturated carbocycles. The monoisotopic (exact) mass is 295 g/mol. The second-order valence-electron chi connectivity index (χ2n) is 3.86. The van der Waals surface area contributed by atoms with E-state index in [4.69, 9.17) is 4.74 Å². The van der Waals surface area contributed by atoms with Gasteiger partial charge in [-0.15, -0.1) is 0 Å². The van der Waals surface area contributed by atoms with Crippen LogP contribution in [-0.2, 0) is 14.3 Å². The number of benzene rings is 1. The first-order valence-corrected chi connectivity index (χ1v) is 5.96. The van der Waals surface area contributed by atoms with Crippen molar-refractivity contribution >= 4 is 23.2 Å². The van der Waals surface area contributed by atoms with Crippen LogP contribution in [0.5, 0.6) is 5.75 Å². The van der Waals surface area contributed by atoms with Crippen molar-refractivity contribution in [1.82, 2.24) is 0 Å². The fourth-order valence-corrected chi connectivity index (χ4v) is 1.63. The molecule has 1 aromatic carbocycles. The van der Waals surface area contributed by atoms with Gasteiger partial charge in [0.25, 0.3) is 0 Å². The first kappa shape index (κ1) is 16.3.